The first-order valence-corrected chi connectivity index (χ1v) is 7.03. The second-order valence-electron chi connectivity index (χ2n) is 5.09. The molecule has 0 unspecified atom stereocenters. The van der Waals surface area contributed by atoms with Crippen LogP contribution in [0.15, 0.2) is 12.4 Å². The summed E-state index contributed by atoms with van der Waals surface area (Å²) >= 11 is 0. The third-order valence-electron chi connectivity index (χ3n) is 3.42. The van der Waals surface area contributed by atoms with Crippen molar-refractivity contribution in [1.82, 2.24) is 19.6 Å². The number of carbonyl (C=O) groups is 1. The third kappa shape index (κ3) is 2.39. The molecule has 0 bridgehead atoms. The Labute approximate surface area is 122 Å². The van der Waals surface area contributed by atoms with Gasteiger partial charge in [0.15, 0.2) is 0 Å². The highest BCUT2D eigenvalue weighted by atomic mass is 16.5. The third-order valence-corrected chi connectivity index (χ3v) is 3.42. The van der Waals surface area contributed by atoms with Gasteiger partial charge in [0.25, 0.3) is 0 Å². The maximum Gasteiger partial charge on any atom is 0.345 e. The maximum atomic E-state index is 12.3. The molecular formula is C14H18N4O3. The first kappa shape index (κ1) is 13.7. The summed E-state index contributed by atoms with van der Waals surface area (Å²) in [5, 5.41) is 8.64. The Morgan fingerprint density at radius 2 is 2.38 bits per heavy atom. The standard InChI is InChI=1S/C14H18N4O3/c1-4-20-14(19)11-12(10-7-15-17(3)8-10)16-18-6-5-9(2)21-13(11)18/h7-9H,4-6H2,1-3H3/t9-/m1/s1. The van der Waals surface area contributed by atoms with Crippen LogP contribution in [0.1, 0.15) is 30.6 Å². The Balaban J connectivity index is 2.12. The van der Waals surface area contributed by atoms with E-state index in [4.69, 9.17) is 9.47 Å². The fourth-order valence-electron chi connectivity index (χ4n) is 2.40. The van der Waals surface area contributed by atoms with E-state index in [1.54, 1.807) is 22.5 Å². The van der Waals surface area contributed by atoms with Crippen molar-refractivity contribution in [2.75, 3.05) is 6.61 Å². The maximum absolute atomic E-state index is 12.3. The minimum Gasteiger partial charge on any atom is -0.474 e. The van der Waals surface area contributed by atoms with Gasteiger partial charge >= 0.3 is 5.97 Å². The van der Waals surface area contributed by atoms with E-state index >= 15 is 0 Å². The zero-order valence-electron chi connectivity index (χ0n) is 12.4. The van der Waals surface area contributed by atoms with Gasteiger partial charge in [0.2, 0.25) is 5.88 Å². The molecule has 0 N–H and O–H groups in total. The zero-order chi connectivity index (χ0) is 15.0. The van der Waals surface area contributed by atoms with Crippen molar-refractivity contribution in [2.24, 2.45) is 7.05 Å². The van der Waals surface area contributed by atoms with Crippen molar-refractivity contribution in [2.45, 2.75) is 32.9 Å². The van der Waals surface area contributed by atoms with E-state index in [-0.39, 0.29) is 6.10 Å². The average molecular weight is 290 g/mol. The molecule has 0 aliphatic carbocycles. The van der Waals surface area contributed by atoms with E-state index in [9.17, 15) is 4.79 Å². The largest absolute Gasteiger partial charge is 0.474 e. The summed E-state index contributed by atoms with van der Waals surface area (Å²) in [5.41, 5.74) is 1.72. The van der Waals surface area contributed by atoms with Crippen LogP contribution in [0.4, 0.5) is 0 Å². The molecular weight excluding hydrogens is 272 g/mol. The summed E-state index contributed by atoms with van der Waals surface area (Å²) in [6, 6.07) is 0. The number of fused-ring (bicyclic) bond motifs is 1. The van der Waals surface area contributed by atoms with Crippen LogP contribution in [0.3, 0.4) is 0 Å². The van der Waals surface area contributed by atoms with Crippen LogP contribution in [-0.4, -0.2) is 38.2 Å². The van der Waals surface area contributed by atoms with E-state index < -0.39 is 5.97 Å². The molecule has 0 radical (unpaired) electrons. The highest BCUT2D eigenvalue weighted by Gasteiger charge is 2.31. The topological polar surface area (TPSA) is 71.2 Å². The highest BCUT2D eigenvalue weighted by molar-refractivity contribution is 5.98. The highest BCUT2D eigenvalue weighted by Crippen LogP contribution is 2.34. The van der Waals surface area contributed by atoms with Crippen LogP contribution in [-0.2, 0) is 18.3 Å². The van der Waals surface area contributed by atoms with Gasteiger partial charge in [-0.25, -0.2) is 9.48 Å². The van der Waals surface area contributed by atoms with Crippen LogP contribution >= 0.6 is 0 Å². The molecule has 3 heterocycles. The van der Waals surface area contributed by atoms with Crippen molar-refractivity contribution < 1.29 is 14.3 Å². The number of hydrogen-bond donors (Lipinski definition) is 0. The fraction of sp³-hybridized carbons (Fsp3) is 0.500. The van der Waals surface area contributed by atoms with Gasteiger partial charge in [0, 0.05) is 31.8 Å². The lowest BCUT2D eigenvalue weighted by atomic mass is 10.1. The average Bonchev–Trinajstić information content (AvgIpc) is 3.02. The number of esters is 1. The lowest BCUT2D eigenvalue weighted by Gasteiger charge is -2.21. The molecule has 1 atom stereocenters. The molecule has 1 aliphatic rings. The van der Waals surface area contributed by atoms with Gasteiger partial charge in [-0.05, 0) is 13.8 Å². The van der Waals surface area contributed by atoms with Gasteiger partial charge in [-0.15, -0.1) is 0 Å². The van der Waals surface area contributed by atoms with Crippen molar-refractivity contribution >= 4 is 5.97 Å². The molecule has 112 valence electrons. The first-order chi connectivity index (χ1) is 10.1. The summed E-state index contributed by atoms with van der Waals surface area (Å²) < 4.78 is 14.4. The zero-order valence-corrected chi connectivity index (χ0v) is 12.4. The Hall–Kier alpha value is -2.31. The van der Waals surface area contributed by atoms with E-state index in [0.29, 0.717) is 23.7 Å². The number of aryl methyl sites for hydroxylation is 2. The predicted molar refractivity (Wildman–Crippen MR) is 75.1 cm³/mol. The van der Waals surface area contributed by atoms with E-state index in [1.807, 2.05) is 20.2 Å². The summed E-state index contributed by atoms with van der Waals surface area (Å²) in [5.74, 6) is 0.0813. The molecule has 21 heavy (non-hydrogen) atoms. The number of hydrogen-bond acceptors (Lipinski definition) is 5. The molecule has 2 aromatic rings. The molecule has 3 rings (SSSR count). The molecule has 0 fully saturated rings. The molecule has 0 amide bonds. The molecule has 7 nitrogen and oxygen atoms in total. The number of rotatable bonds is 3. The fourth-order valence-corrected chi connectivity index (χ4v) is 2.40. The summed E-state index contributed by atoms with van der Waals surface area (Å²) in [6.45, 7) is 4.80. The molecule has 0 aromatic carbocycles. The Bertz CT molecular complexity index is 674. The van der Waals surface area contributed by atoms with Gasteiger partial charge < -0.3 is 9.47 Å². The number of aromatic nitrogens is 4. The lowest BCUT2D eigenvalue weighted by molar-refractivity contribution is 0.0515. The van der Waals surface area contributed by atoms with Crippen LogP contribution in [0.25, 0.3) is 11.3 Å². The van der Waals surface area contributed by atoms with E-state index in [2.05, 4.69) is 10.2 Å². The number of nitrogens with zero attached hydrogens (tertiary/aromatic N) is 4. The second-order valence-corrected chi connectivity index (χ2v) is 5.09. The SMILES string of the molecule is CCOC(=O)c1c(-c2cnn(C)c2)nn2c1O[C@H](C)CC2. The van der Waals surface area contributed by atoms with E-state index in [0.717, 1.165) is 18.5 Å². The number of carbonyl (C=O) groups excluding carboxylic acids is 1. The van der Waals surface area contributed by atoms with Gasteiger partial charge in [-0.3, -0.25) is 4.68 Å². The molecule has 7 heteroatoms. The second kappa shape index (κ2) is 5.23. The van der Waals surface area contributed by atoms with Gasteiger partial charge in [0.1, 0.15) is 11.3 Å². The van der Waals surface area contributed by atoms with Gasteiger partial charge in [-0.2, -0.15) is 10.2 Å². The Morgan fingerprint density at radius 1 is 1.57 bits per heavy atom. The minimum atomic E-state index is -0.410. The Morgan fingerprint density at radius 3 is 3.05 bits per heavy atom. The molecule has 0 saturated carbocycles. The smallest absolute Gasteiger partial charge is 0.345 e. The lowest BCUT2D eigenvalue weighted by Crippen LogP contribution is -2.24. The normalized spacial score (nSPS) is 17.2. The van der Waals surface area contributed by atoms with Crippen LogP contribution < -0.4 is 4.74 Å². The van der Waals surface area contributed by atoms with Gasteiger partial charge in [-0.1, -0.05) is 0 Å². The minimum absolute atomic E-state index is 0.0594. The van der Waals surface area contributed by atoms with Gasteiger partial charge in [0.05, 0.1) is 18.9 Å². The van der Waals surface area contributed by atoms with Crippen molar-refractivity contribution in [3.8, 4) is 17.1 Å². The summed E-state index contributed by atoms with van der Waals surface area (Å²) in [6.07, 6.45) is 4.42. The van der Waals surface area contributed by atoms with Crippen molar-refractivity contribution in [3.63, 3.8) is 0 Å². The summed E-state index contributed by atoms with van der Waals surface area (Å²) in [4.78, 5) is 12.3. The van der Waals surface area contributed by atoms with E-state index in [1.165, 1.54) is 0 Å². The van der Waals surface area contributed by atoms with Crippen LogP contribution in [0.2, 0.25) is 0 Å². The molecule has 0 spiro atoms. The van der Waals surface area contributed by atoms with Crippen molar-refractivity contribution in [3.05, 3.63) is 18.0 Å². The molecule has 0 saturated heterocycles. The Kier molecular flexibility index (Phi) is 3.40. The van der Waals surface area contributed by atoms with Crippen LogP contribution in [0, 0.1) is 0 Å². The van der Waals surface area contributed by atoms with Crippen LogP contribution in [0.5, 0.6) is 5.88 Å². The summed E-state index contributed by atoms with van der Waals surface area (Å²) in [7, 11) is 1.82. The molecule has 1 aliphatic heterocycles. The predicted octanol–water partition coefficient (Wildman–Crippen LogP) is 1.63. The molecule has 2 aromatic heterocycles. The first-order valence-electron chi connectivity index (χ1n) is 7.03. The number of ether oxygens (including phenoxy) is 2. The van der Waals surface area contributed by atoms with Crippen molar-refractivity contribution in [1.29, 1.82) is 0 Å². The quantitative estimate of drug-likeness (QED) is 0.803. The monoisotopic (exact) mass is 290 g/mol.